The number of pyridine rings is 2. The van der Waals surface area contributed by atoms with E-state index in [1.165, 1.54) is 12.0 Å². The number of fused-ring (bicyclic) bond motifs is 1. The molecule has 4 nitrogen and oxygen atoms in total. The van der Waals surface area contributed by atoms with E-state index in [2.05, 4.69) is 52.0 Å². The second-order valence-corrected chi connectivity index (χ2v) is 6.49. The number of rotatable bonds is 4. The normalized spacial score (nSPS) is 20.4. The molecule has 1 aliphatic heterocycles. The number of hydrogen-bond donors (Lipinski definition) is 2. The Hall–Kier alpha value is -2.46. The quantitative estimate of drug-likeness (QED) is 0.770. The number of nitrogens with one attached hydrogen (secondary N) is 2. The van der Waals surface area contributed by atoms with E-state index in [0.29, 0.717) is 6.04 Å². The molecule has 1 aromatic carbocycles. The molecule has 3 heterocycles. The fraction of sp³-hybridized carbons (Fsp3) is 0.300. The highest BCUT2D eigenvalue weighted by Gasteiger charge is 2.23. The standard InChI is InChI=1S/C20H22N4/c1-14-17-8-10-20(23-18(17)11-12-21-14)24-19-9-7-16(22-19)13-15-5-3-2-4-6-15/h2-6,8,10-12,16,19,22H,7,9,13H2,1H3,(H,23,24). The molecule has 2 atom stereocenters. The molecule has 2 N–H and O–H groups in total. The fourth-order valence-electron chi connectivity index (χ4n) is 3.45. The lowest BCUT2D eigenvalue weighted by atomic mass is 10.1. The molecule has 1 aliphatic rings. The van der Waals surface area contributed by atoms with E-state index in [0.717, 1.165) is 35.3 Å². The van der Waals surface area contributed by atoms with Gasteiger partial charge < -0.3 is 5.32 Å². The monoisotopic (exact) mass is 318 g/mol. The van der Waals surface area contributed by atoms with Crippen LogP contribution in [0.1, 0.15) is 24.1 Å². The summed E-state index contributed by atoms with van der Waals surface area (Å²) in [4.78, 5) is 9.03. The maximum atomic E-state index is 4.72. The Balaban J connectivity index is 1.41. The Bertz CT molecular complexity index is 831. The van der Waals surface area contributed by atoms with E-state index in [1.54, 1.807) is 0 Å². The highest BCUT2D eigenvalue weighted by atomic mass is 15.2. The molecule has 0 amide bonds. The van der Waals surface area contributed by atoms with Gasteiger partial charge in [-0.15, -0.1) is 0 Å². The molecule has 4 rings (SSSR count). The highest BCUT2D eigenvalue weighted by molar-refractivity contribution is 5.82. The lowest BCUT2D eigenvalue weighted by Crippen LogP contribution is -2.36. The Morgan fingerprint density at radius 3 is 2.83 bits per heavy atom. The van der Waals surface area contributed by atoms with E-state index < -0.39 is 0 Å². The molecule has 0 saturated carbocycles. The Morgan fingerprint density at radius 1 is 1.08 bits per heavy atom. The van der Waals surface area contributed by atoms with Crippen molar-refractivity contribution < 1.29 is 0 Å². The smallest absolute Gasteiger partial charge is 0.127 e. The first-order valence-electron chi connectivity index (χ1n) is 8.57. The van der Waals surface area contributed by atoms with Gasteiger partial charge in [-0.05, 0) is 49.9 Å². The first-order valence-corrected chi connectivity index (χ1v) is 8.57. The minimum atomic E-state index is 0.284. The van der Waals surface area contributed by atoms with Crippen molar-refractivity contribution in [2.45, 2.75) is 38.4 Å². The van der Waals surface area contributed by atoms with Crippen molar-refractivity contribution in [3.63, 3.8) is 0 Å². The number of hydrogen-bond acceptors (Lipinski definition) is 4. The van der Waals surface area contributed by atoms with Crippen LogP contribution in [0.3, 0.4) is 0 Å². The molecule has 1 saturated heterocycles. The van der Waals surface area contributed by atoms with Crippen molar-refractivity contribution in [2.75, 3.05) is 5.32 Å². The molecule has 0 spiro atoms. The third kappa shape index (κ3) is 3.24. The van der Waals surface area contributed by atoms with Crippen molar-refractivity contribution in [1.82, 2.24) is 15.3 Å². The maximum Gasteiger partial charge on any atom is 0.127 e. The molecule has 2 unspecified atom stereocenters. The largest absolute Gasteiger partial charge is 0.355 e. The Labute approximate surface area is 142 Å². The molecule has 0 aliphatic carbocycles. The lowest BCUT2D eigenvalue weighted by Gasteiger charge is -2.17. The maximum absolute atomic E-state index is 4.72. The predicted molar refractivity (Wildman–Crippen MR) is 98.0 cm³/mol. The summed E-state index contributed by atoms with van der Waals surface area (Å²) in [6.45, 7) is 2.02. The lowest BCUT2D eigenvalue weighted by molar-refractivity contribution is 0.564. The van der Waals surface area contributed by atoms with Gasteiger partial charge in [0.15, 0.2) is 0 Å². The van der Waals surface area contributed by atoms with Gasteiger partial charge in [0, 0.05) is 23.3 Å². The van der Waals surface area contributed by atoms with E-state index in [1.807, 2.05) is 25.3 Å². The van der Waals surface area contributed by atoms with Gasteiger partial charge in [-0.25, -0.2) is 4.98 Å². The molecule has 24 heavy (non-hydrogen) atoms. The van der Waals surface area contributed by atoms with Gasteiger partial charge in [-0.1, -0.05) is 30.3 Å². The summed E-state index contributed by atoms with van der Waals surface area (Å²) in [6, 6.07) is 17.3. The third-order valence-electron chi connectivity index (χ3n) is 4.70. The zero-order chi connectivity index (χ0) is 16.4. The molecule has 122 valence electrons. The summed E-state index contributed by atoms with van der Waals surface area (Å²) in [5.74, 6) is 0.922. The molecule has 3 aromatic rings. The van der Waals surface area contributed by atoms with Gasteiger partial charge in [-0.2, -0.15) is 0 Å². The van der Waals surface area contributed by atoms with Gasteiger partial charge >= 0.3 is 0 Å². The minimum absolute atomic E-state index is 0.284. The topological polar surface area (TPSA) is 49.8 Å². The molecular weight excluding hydrogens is 296 g/mol. The SMILES string of the molecule is Cc1nccc2nc(NC3CCC(Cc4ccccc4)N3)ccc12. The number of aryl methyl sites for hydroxylation is 1. The van der Waals surface area contributed by atoms with Gasteiger partial charge in [-0.3, -0.25) is 10.3 Å². The van der Waals surface area contributed by atoms with Crippen LogP contribution in [-0.4, -0.2) is 22.2 Å². The average Bonchev–Trinajstić information content (AvgIpc) is 3.03. The minimum Gasteiger partial charge on any atom is -0.355 e. The third-order valence-corrected chi connectivity index (χ3v) is 4.70. The van der Waals surface area contributed by atoms with Crippen LogP contribution in [0.5, 0.6) is 0 Å². The van der Waals surface area contributed by atoms with Gasteiger partial charge in [0.2, 0.25) is 0 Å². The zero-order valence-electron chi connectivity index (χ0n) is 13.9. The van der Waals surface area contributed by atoms with Crippen molar-refractivity contribution in [3.05, 3.63) is 66.0 Å². The van der Waals surface area contributed by atoms with E-state index >= 15 is 0 Å². The van der Waals surface area contributed by atoms with E-state index in [-0.39, 0.29) is 6.17 Å². The molecular formula is C20H22N4. The number of anilines is 1. The summed E-state index contributed by atoms with van der Waals surface area (Å²) in [5.41, 5.74) is 3.40. The van der Waals surface area contributed by atoms with Crippen LogP contribution in [0, 0.1) is 6.92 Å². The molecule has 0 bridgehead atoms. The van der Waals surface area contributed by atoms with Crippen LogP contribution in [-0.2, 0) is 6.42 Å². The summed E-state index contributed by atoms with van der Waals surface area (Å²) >= 11 is 0. The van der Waals surface area contributed by atoms with Crippen LogP contribution < -0.4 is 10.6 Å². The van der Waals surface area contributed by atoms with Crippen LogP contribution in [0.25, 0.3) is 10.9 Å². The number of aromatic nitrogens is 2. The van der Waals surface area contributed by atoms with Crippen LogP contribution >= 0.6 is 0 Å². The van der Waals surface area contributed by atoms with Gasteiger partial charge in [0.05, 0.1) is 11.7 Å². The van der Waals surface area contributed by atoms with Crippen molar-refractivity contribution in [1.29, 1.82) is 0 Å². The summed E-state index contributed by atoms with van der Waals surface area (Å²) < 4.78 is 0. The van der Waals surface area contributed by atoms with E-state index in [9.17, 15) is 0 Å². The van der Waals surface area contributed by atoms with Gasteiger partial charge in [0.25, 0.3) is 0 Å². The molecule has 1 fully saturated rings. The van der Waals surface area contributed by atoms with Gasteiger partial charge in [0.1, 0.15) is 5.82 Å². The van der Waals surface area contributed by atoms with Crippen molar-refractivity contribution in [3.8, 4) is 0 Å². The Kier molecular flexibility index (Phi) is 4.13. The van der Waals surface area contributed by atoms with Crippen molar-refractivity contribution in [2.24, 2.45) is 0 Å². The summed E-state index contributed by atoms with van der Waals surface area (Å²) in [7, 11) is 0. The second-order valence-electron chi connectivity index (χ2n) is 6.49. The summed E-state index contributed by atoms with van der Waals surface area (Å²) in [5, 5.41) is 8.32. The number of benzene rings is 1. The first-order chi connectivity index (χ1) is 11.8. The molecule has 4 heteroatoms. The van der Waals surface area contributed by atoms with Crippen LogP contribution in [0.4, 0.5) is 5.82 Å². The molecule has 2 aromatic heterocycles. The first kappa shape index (κ1) is 15.1. The second kappa shape index (κ2) is 6.57. The average molecular weight is 318 g/mol. The predicted octanol–water partition coefficient (Wildman–Crippen LogP) is 3.67. The van der Waals surface area contributed by atoms with E-state index in [4.69, 9.17) is 4.98 Å². The summed E-state index contributed by atoms with van der Waals surface area (Å²) in [6.07, 6.45) is 5.48. The fourth-order valence-corrected chi connectivity index (χ4v) is 3.45. The Morgan fingerprint density at radius 2 is 1.96 bits per heavy atom. The molecule has 0 radical (unpaired) electrons. The van der Waals surface area contributed by atoms with Crippen LogP contribution in [0.15, 0.2) is 54.7 Å². The van der Waals surface area contributed by atoms with Crippen molar-refractivity contribution >= 4 is 16.7 Å². The zero-order valence-corrected chi connectivity index (χ0v) is 13.9. The van der Waals surface area contributed by atoms with Crippen LogP contribution in [0.2, 0.25) is 0 Å². The highest BCUT2D eigenvalue weighted by Crippen LogP contribution is 2.21. The number of nitrogens with zero attached hydrogens (tertiary/aromatic N) is 2.